The summed E-state index contributed by atoms with van der Waals surface area (Å²) < 4.78 is 0. The first kappa shape index (κ1) is 14.0. The van der Waals surface area contributed by atoms with Gasteiger partial charge in [0.2, 0.25) is 5.91 Å². The number of pyridine rings is 1. The lowest BCUT2D eigenvalue weighted by Crippen LogP contribution is -2.43. The lowest BCUT2D eigenvalue weighted by molar-refractivity contribution is -0.122. The van der Waals surface area contributed by atoms with E-state index in [-0.39, 0.29) is 11.8 Å². The van der Waals surface area contributed by atoms with Gasteiger partial charge in [-0.25, -0.2) is 0 Å². The summed E-state index contributed by atoms with van der Waals surface area (Å²) in [6.45, 7) is 3.47. The van der Waals surface area contributed by atoms with E-state index in [0.29, 0.717) is 11.3 Å². The molecule has 0 aliphatic heterocycles. The standard InChI is InChI=1S/C12H18N4O2/c1-7-5-10(13-3)9(6-15-7)12(18)16-8(2)11(17)14-4/h5-6,8H,1-4H3,(H,13,15)(H,14,17)(H,16,18). The summed E-state index contributed by atoms with van der Waals surface area (Å²) in [6.07, 6.45) is 1.49. The van der Waals surface area contributed by atoms with E-state index in [1.54, 1.807) is 20.0 Å². The van der Waals surface area contributed by atoms with Crippen LogP contribution in [0, 0.1) is 6.92 Å². The average molecular weight is 250 g/mol. The zero-order valence-corrected chi connectivity index (χ0v) is 11.0. The van der Waals surface area contributed by atoms with Crippen molar-refractivity contribution >= 4 is 17.5 Å². The molecule has 1 rings (SSSR count). The van der Waals surface area contributed by atoms with Crippen molar-refractivity contribution in [2.45, 2.75) is 19.9 Å². The van der Waals surface area contributed by atoms with Gasteiger partial charge in [0.25, 0.3) is 5.91 Å². The maximum absolute atomic E-state index is 12.0. The number of anilines is 1. The summed E-state index contributed by atoms with van der Waals surface area (Å²) in [6, 6.07) is 1.19. The molecule has 1 unspecified atom stereocenters. The van der Waals surface area contributed by atoms with E-state index in [4.69, 9.17) is 0 Å². The number of carbonyl (C=O) groups excluding carboxylic acids is 2. The quantitative estimate of drug-likeness (QED) is 0.717. The van der Waals surface area contributed by atoms with Crippen molar-refractivity contribution in [1.82, 2.24) is 15.6 Å². The van der Waals surface area contributed by atoms with E-state index in [0.717, 1.165) is 5.69 Å². The molecule has 0 fully saturated rings. The zero-order valence-electron chi connectivity index (χ0n) is 11.0. The topological polar surface area (TPSA) is 83.1 Å². The first-order valence-electron chi connectivity index (χ1n) is 5.66. The zero-order chi connectivity index (χ0) is 13.7. The molecule has 2 amide bonds. The van der Waals surface area contributed by atoms with Crippen molar-refractivity contribution in [1.29, 1.82) is 0 Å². The second-order valence-corrected chi connectivity index (χ2v) is 3.93. The summed E-state index contributed by atoms with van der Waals surface area (Å²) >= 11 is 0. The number of aromatic nitrogens is 1. The Morgan fingerprint density at radius 3 is 2.56 bits per heavy atom. The molecule has 98 valence electrons. The third-order valence-corrected chi connectivity index (χ3v) is 2.54. The first-order valence-corrected chi connectivity index (χ1v) is 5.66. The lowest BCUT2D eigenvalue weighted by Gasteiger charge is -2.14. The van der Waals surface area contributed by atoms with Crippen molar-refractivity contribution in [2.24, 2.45) is 0 Å². The molecule has 0 radical (unpaired) electrons. The number of amides is 2. The van der Waals surface area contributed by atoms with Gasteiger partial charge in [0.1, 0.15) is 6.04 Å². The highest BCUT2D eigenvalue weighted by Gasteiger charge is 2.17. The van der Waals surface area contributed by atoms with Gasteiger partial charge in [0, 0.05) is 26.0 Å². The molecule has 1 aromatic heterocycles. The fourth-order valence-electron chi connectivity index (χ4n) is 1.50. The minimum Gasteiger partial charge on any atom is -0.387 e. The molecular formula is C12H18N4O2. The van der Waals surface area contributed by atoms with Crippen LogP contribution in [0.15, 0.2) is 12.3 Å². The molecule has 1 aromatic rings. The summed E-state index contributed by atoms with van der Waals surface area (Å²) in [5.41, 5.74) is 1.92. The Morgan fingerprint density at radius 1 is 1.33 bits per heavy atom. The summed E-state index contributed by atoms with van der Waals surface area (Å²) in [5.74, 6) is -0.572. The number of rotatable bonds is 4. The average Bonchev–Trinajstić information content (AvgIpc) is 2.37. The van der Waals surface area contributed by atoms with Crippen molar-refractivity contribution in [2.75, 3.05) is 19.4 Å². The van der Waals surface area contributed by atoms with Crippen LogP contribution in [0.4, 0.5) is 5.69 Å². The maximum Gasteiger partial charge on any atom is 0.255 e. The van der Waals surface area contributed by atoms with E-state index in [1.807, 2.05) is 6.92 Å². The molecular weight excluding hydrogens is 232 g/mol. The van der Waals surface area contributed by atoms with Crippen molar-refractivity contribution in [3.05, 3.63) is 23.5 Å². The van der Waals surface area contributed by atoms with Crippen LogP contribution in [-0.4, -0.2) is 36.9 Å². The Bertz CT molecular complexity index is 459. The molecule has 1 atom stereocenters. The van der Waals surface area contributed by atoms with Gasteiger partial charge < -0.3 is 16.0 Å². The predicted octanol–water partition coefficient (Wildman–Crippen LogP) is 0.296. The van der Waals surface area contributed by atoms with Crippen molar-refractivity contribution in [3.8, 4) is 0 Å². The van der Waals surface area contributed by atoms with Gasteiger partial charge in [-0.1, -0.05) is 0 Å². The molecule has 0 aromatic carbocycles. The number of aryl methyl sites for hydroxylation is 1. The molecule has 0 saturated carbocycles. The van der Waals surface area contributed by atoms with Crippen LogP contribution in [0.5, 0.6) is 0 Å². The Kier molecular flexibility index (Phi) is 4.65. The molecule has 0 bridgehead atoms. The highest BCUT2D eigenvalue weighted by molar-refractivity contribution is 6.01. The third kappa shape index (κ3) is 3.19. The number of likely N-dealkylation sites (N-methyl/N-ethyl adjacent to an activating group) is 1. The minimum atomic E-state index is -0.589. The van der Waals surface area contributed by atoms with Crippen LogP contribution in [0.25, 0.3) is 0 Å². The number of nitrogens with zero attached hydrogens (tertiary/aromatic N) is 1. The normalized spacial score (nSPS) is 11.6. The van der Waals surface area contributed by atoms with E-state index in [2.05, 4.69) is 20.9 Å². The molecule has 0 saturated heterocycles. The molecule has 0 aliphatic rings. The second-order valence-electron chi connectivity index (χ2n) is 3.93. The molecule has 3 N–H and O–H groups in total. The number of hydrogen-bond donors (Lipinski definition) is 3. The van der Waals surface area contributed by atoms with E-state index in [9.17, 15) is 9.59 Å². The smallest absolute Gasteiger partial charge is 0.255 e. The Hall–Kier alpha value is -2.11. The number of nitrogens with one attached hydrogen (secondary N) is 3. The molecule has 0 aliphatic carbocycles. The minimum absolute atomic E-state index is 0.241. The number of hydrogen-bond acceptors (Lipinski definition) is 4. The van der Waals surface area contributed by atoms with Crippen LogP contribution in [0.3, 0.4) is 0 Å². The predicted molar refractivity (Wildman–Crippen MR) is 69.5 cm³/mol. The van der Waals surface area contributed by atoms with Crippen molar-refractivity contribution < 1.29 is 9.59 Å². The Labute approximate surface area is 106 Å². The van der Waals surface area contributed by atoms with Crippen LogP contribution in [0.2, 0.25) is 0 Å². The number of carbonyl (C=O) groups is 2. The van der Waals surface area contributed by atoms with Crippen molar-refractivity contribution in [3.63, 3.8) is 0 Å². The summed E-state index contributed by atoms with van der Waals surface area (Å²) in [4.78, 5) is 27.4. The fourth-order valence-corrected chi connectivity index (χ4v) is 1.50. The van der Waals surface area contributed by atoms with Gasteiger partial charge in [-0.3, -0.25) is 14.6 Å². The van der Waals surface area contributed by atoms with Gasteiger partial charge in [0.05, 0.1) is 11.3 Å². The molecule has 18 heavy (non-hydrogen) atoms. The van der Waals surface area contributed by atoms with E-state index >= 15 is 0 Å². The molecule has 6 heteroatoms. The Balaban J connectivity index is 2.87. The van der Waals surface area contributed by atoms with Crippen LogP contribution in [-0.2, 0) is 4.79 Å². The van der Waals surface area contributed by atoms with Gasteiger partial charge in [-0.2, -0.15) is 0 Å². The second kappa shape index (κ2) is 6.00. The lowest BCUT2D eigenvalue weighted by atomic mass is 10.2. The van der Waals surface area contributed by atoms with E-state index in [1.165, 1.54) is 13.2 Å². The van der Waals surface area contributed by atoms with Gasteiger partial charge in [-0.15, -0.1) is 0 Å². The van der Waals surface area contributed by atoms with Crippen LogP contribution < -0.4 is 16.0 Å². The highest BCUT2D eigenvalue weighted by Crippen LogP contribution is 2.14. The van der Waals surface area contributed by atoms with Gasteiger partial charge in [-0.05, 0) is 19.9 Å². The molecule has 1 heterocycles. The molecule has 6 nitrogen and oxygen atoms in total. The SMILES string of the molecule is CNC(=O)C(C)NC(=O)c1cnc(C)cc1NC. The summed E-state index contributed by atoms with van der Waals surface area (Å²) in [7, 11) is 3.26. The van der Waals surface area contributed by atoms with Crippen LogP contribution >= 0.6 is 0 Å². The maximum atomic E-state index is 12.0. The molecule has 0 spiro atoms. The van der Waals surface area contributed by atoms with Gasteiger partial charge in [0.15, 0.2) is 0 Å². The fraction of sp³-hybridized carbons (Fsp3) is 0.417. The monoisotopic (exact) mass is 250 g/mol. The Morgan fingerprint density at radius 2 is 2.00 bits per heavy atom. The van der Waals surface area contributed by atoms with E-state index < -0.39 is 6.04 Å². The van der Waals surface area contributed by atoms with Crippen LogP contribution in [0.1, 0.15) is 23.0 Å². The van der Waals surface area contributed by atoms with Gasteiger partial charge >= 0.3 is 0 Å². The summed E-state index contributed by atoms with van der Waals surface area (Å²) in [5, 5.41) is 8.02. The highest BCUT2D eigenvalue weighted by atomic mass is 16.2. The largest absolute Gasteiger partial charge is 0.387 e. The first-order chi connectivity index (χ1) is 8.49. The third-order valence-electron chi connectivity index (χ3n) is 2.54.